The van der Waals surface area contributed by atoms with E-state index in [-0.39, 0.29) is 5.91 Å². The van der Waals surface area contributed by atoms with Gasteiger partial charge in [0.1, 0.15) is 17.8 Å². The van der Waals surface area contributed by atoms with E-state index in [4.69, 9.17) is 4.74 Å². The van der Waals surface area contributed by atoms with Gasteiger partial charge < -0.3 is 14.6 Å². The highest BCUT2D eigenvalue weighted by molar-refractivity contribution is 6.02. The number of hydrogen-bond acceptors (Lipinski definition) is 5. The Hall–Kier alpha value is -4.72. The summed E-state index contributed by atoms with van der Waals surface area (Å²) in [6.45, 7) is 2.00. The first-order valence-electron chi connectivity index (χ1n) is 10.7. The van der Waals surface area contributed by atoms with Crippen LogP contribution < -0.4 is 10.1 Å². The van der Waals surface area contributed by atoms with Crippen molar-refractivity contribution in [3.8, 4) is 34.2 Å². The largest absolute Gasteiger partial charge is 0.495 e. The van der Waals surface area contributed by atoms with Crippen LogP contribution in [-0.4, -0.2) is 37.7 Å². The maximum absolute atomic E-state index is 12.7. The van der Waals surface area contributed by atoms with Crippen LogP contribution in [-0.2, 0) is 0 Å². The third kappa shape index (κ3) is 4.29. The van der Waals surface area contributed by atoms with Crippen molar-refractivity contribution < 1.29 is 9.53 Å². The molecule has 0 unspecified atom stereocenters. The molecule has 0 spiro atoms. The molecule has 0 bridgehead atoms. The van der Waals surface area contributed by atoms with Crippen LogP contribution in [0.3, 0.4) is 0 Å². The molecule has 8 nitrogen and oxygen atoms in total. The molecule has 0 saturated carbocycles. The van der Waals surface area contributed by atoms with Crippen LogP contribution >= 0.6 is 0 Å². The van der Waals surface area contributed by atoms with Gasteiger partial charge in [0.25, 0.3) is 5.91 Å². The molecule has 2 N–H and O–H groups in total. The lowest BCUT2D eigenvalue weighted by atomic mass is 10.2. The van der Waals surface area contributed by atoms with Crippen molar-refractivity contribution in [1.82, 2.24) is 24.7 Å². The van der Waals surface area contributed by atoms with Gasteiger partial charge in [-0.3, -0.25) is 9.89 Å². The number of aryl methyl sites for hydroxylation is 1. The highest BCUT2D eigenvalue weighted by Gasteiger charge is 2.13. The molecule has 34 heavy (non-hydrogen) atoms. The van der Waals surface area contributed by atoms with Gasteiger partial charge in [-0.15, -0.1) is 0 Å². The molecule has 0 atom stereocenters. The average Bonchev–Trinajstić information content (AvgIpc) is 3.56. The standard InChI is InChI=1S/C26H22N6O2/c1-17-8-13-23(34-2)22(14-17)32-15-21(27-16-32)26(33)28-20-11-9-19(10-12-20)25-29-24(30-31-25)18-6-4-3-5-7-18/h3-16H,1-2H3,(H,28,33)(H,29,30,31). The summed E-state index contributed by atoms with van der Waals surface area (Å²) in [4.78, 5) is 21.6. The van der Waals surface area contributed by atoms with Crippen LogP contribution in [0.4, 0.5) is 5.69 Å². The Labute approximate surface area is 196 Å². The number of nitrogens with one attached hydrogen (secondary N) is 2. The highest BCUT2D eigenvalue weighted by Crippen LogP contribution is 2.25. The van der Waals surface area contributed by atoms with Crippen LogP contribution in [0.15, 0.2) is 85.3 Å². The van der Waals surface area contributed by atoms with Gasteiger partial charge in [-0.05, 0) is 48.9 Å². The lowest BCUT2D eigenvalue weighted by Gasteiger charge is -2.09. The molecule has 0 saturated heterocycles. The Kier molecular flexibility index (Phi) is 5.61. The van der Waals surface area contributed by atoms with E-state index in [9.17, 15) is 4.79 Å². The number of aromatic amines is 1. The second-order valence-electron chi connectivity index (χ2n) is 7.75. The average molecular weight is 451 g/mol. The smallest absolute Gasteiger partial charge is 0.275 e. The number of carbonyl (C=O) groups is 1. The maximum Gasteiger partial charge on any atom is 0.275 e. The number of methoxy groups -OCH3 is 1. The van der Waals surface area contributed by atoms with Crippen molar-refractivity contribution in [1.29, 1.82) is 0 Å². The normalized spacial score (nSPS) is 10.8. The van der Waals surface area contributed by atoms with E-state index in [1.807, 2.05) is 79.7 Å². The predicted molar refractivity (Wildman–Crippen MR) is 130 cm³/mol. The van der Waals surface area contributed by atoms with Crippen LogP contribution in [0.5, 0.6) is 5.75 Å². The van der Waals surface area contributed by atoms with Crippen molar-refractivity contribution in [3.63, 3.8) is 0 Å². The second-order valence-corrected chi connectivity index (χ2v) is 7.75. The van der Waals surface area contributed by atoms with E-state index >= 15 is 0 Å². The first-order valence-corrected chi connectivity index (χ1v) is 10.7. The van der Waals surface area contributed by atoms with Crippen LogP contribution in [0.25, 0.3) is 28.5 Å². The van der Waals surface area contributed by atoms with Crippen LogP contribution in [0.1, 0.15) is 16.1 Å². The molecule has 0 fully saturated rings. The van der Waals surface area contributed by atoms with Gasteiger partial charge in [0, 0.05) is 23.0 Å². The van der Waals surface area contributed by atoms with Gasteiger partial charge in [-0.1, -0.05) is 36.4 Å². The van der Waals surface area contributed by atoms with Gasteiger partial charge in [-0.2, -0.15) is 5.10 Å². The summed E-state index contributed by atoms with van der Waals surface area (Å²) in [5.74, 6) is 1.69. The topological polar surface area (TPSA) is 97.7 Å². The van der Waals surface area contributed by atoms with E-state index in [1.165, 1.54) is 0 Å². The fourth-order valence-corrected chi connectivity index (χ4v) is 3.59. The SMILES string of the molecule is COc1ccc(C)cc1-n1cnc(C(=O)Nc2ccc(-c3nc(-c4ccccc4)n[nH]3)cc2)c1. The molecular weight excluding hydrogens is 428 g/mol. The number of aromatic nitrogens is 5. The van der Waals surface area contributed by atoms with Crippen LogP contribution in [0.2, 0.25) is 0 Å². The third-order valence-corrected chi connectivity index (χ3v) is 5.36. The van der Waals surface area contributed by atoms with Crippen LogP contribution in [0, 0.1) is 6.92 Å². The zero-order chi connectivity index (χ0) is 23.5. The summed E-state index contributed by atoms with van der Waals surface area (Å²) in [6, 6.07) is 23.0. The molecule has 2 aromatic heterocycles. The van der Waals surface area contributed by atoms with Crippen molar-refractivity contribution >= 4 is 11.6 Å². The van der Waals surface area contributed by atoms with Gasteiger partial charge in [0.2, 0.25) is 0 Å². The molecule has 3 aromatic carbocycles. The number of benzene rings is 3. The number of nitrogens with zero attached hydrogens (tertiary/aromatic N) is 4. The molecular formula is C26H22N6O2. The zero-order valence-corrected chi connectivity index (χ0v) is 18.7. The molecule has 168 valence electrons. The maximum atomic E-state index is 12.7. The molecule has 5 aromatic rings. The molecule has 1 amide bonds. The number of hydrogen-bond donors (Lipinski definition) is 2. The lowest BCUT2D eigenvalue weighted by Crippen LogP contribution is -2.12. The summed E-state index contributed by atoms with van der Waals surface area (Å²) in [5, 5.41) is 10.1. The highest BCUT2D eigenvalue weighted by atomic mass is 16.5. The monoisotopic (exact) mass is 450 g/mol. The molecule has 5 rings (SSSR count). The second kappa shape index (κ2) is 9.03. The number of carbonyl (C=O) groups excluding carboxylic acids is 1. The molecule has 0 aliphatic carbocycles. The summed E-state index contributed by atoms with van der Waals surface area (Å²) >= 11 is 0. The van der Waals surface area contributed by atoms with E-state index in [2.05, 4.69) is 25.5 Å². The molecule has 0 radical (unpaired) electrons. The number of H-pyrrole nitrogens is 1. The first kappa shape index (κ1) is 21.1. The van der Waals surface area contributed by atoms with Crippen molar-refractivity contribution in [2.24, 2.45) is 0 Å². The van der Waals surface area contributed by atoms with E-state index in [0.29, 0.717) is 28.8 Å². The van der Waals surface area contributed by atoms with Gasteiger partial charge in [0.05, 0.1) is 12.8 Å². The number of rotatable bonds is 6. The Morgan fingerprint density at radius 2 is 1.79 bits per heavy atom. The predicted octanol–water partition coefficient (Wildman–Crippen LogP) is 4.89. The zero-order valence-electron chi connectivity index (χ0n) is 18.7. The number of amides is 1. The lowest BCUT2D eigenvalue weighted by molar-refractivity contribution is 0.102. The van der Waals surface area contributed by atoms with Gasteiger partial charge in [-0.25, -0.2) is 9.97 Å². The fraction of sp³-hybridized carbons (Fsp3) is 0.0769. The Bertz CT molecular complexity index is 1440. The Morgan fingerprint density at radius 1 is 1.00 bits per heavy atom. The first-order chi connectivity index (χ1) is 16.6. The number of anilines is 1. The summed E-state index contributed by atoms with van der Waals surface area (Å²) in [7, 11) is 1.61. The third-order valence-electron chi connectivity index (χ3n) is 5.36. The number of ether oxygens (including phenoxy) is 1. The van der Waals surface area contributed by atoms with E-state index in [1.54, 1.807) is 24.2 Å². The summed E-state index contributed by atoms with van der Waals surface area (Å²) in [6.07, 6.45) is 3.28. The molecule has 0 aliphatic heterocycles. The van der Waals surface area contributed by atoms with Crippen molar-refractivity contribution in [2.75, 3.05) is 12.4 Å². The minimum atomic E-state index is -0.302. The summed E-state index contributed by atoms with van der Waals surface area (Å²) in [5.41, 5.74) is 4.66. The van der Waals surface area contributed by atoms with Crippen molar-refractivity contribution in [2.45, 2.75) is 6.92 Å². The number of imidazole rings is 1. The van der Waals surface area contributed by atoms with Crippen molar-refractivity contribution in [3.05, 3.63) is 96.6 Å². The van der Waals surface area contributed by atoms with Gasteiger partial charge >= 0.3 is 0 Å². The molecule has 2 heterocycles. The molecule has 8 heteroatoms. The Morgan fingerprint density at radius 3 is 2.56 bits per heavy atom. The molecule has 0 aliphatic rings. The fourth-order valence-electron chi connectivity index (χ4n) is 3.59. The van der Waals surface area contributed by atoms with Gasteiger partial charge in [0.15, 0.2) is 11.6 Å². The quantitative estimate of drug-likeness (QED) is 0.384. The minimum Gasteiger partial charge on any atom is -0.495 e. The Balaban J connectivity index is 1.29. The van der Waals surface area contributed by atoms with E-state index in [0.717, 1.165) is 22.4 Å². The minimum absolute atomic E-state index is 0.301. The van der Waals surface area contributed by atoms with E-state index < -0.39 is 0 Å². The summed E-state index contributed by atoms with van der Waals surface area (Å²) < 4.78 is 7.21.